The minimum atomic E-state index is -2.86. The molecular formula is C16H11F2NO2S2. The summed E-state index contributed by atoms with van der Waals surface area (Å²) in [4.78, 5) is 24.7. The molecule has 2 amide bonds. The Morgan fingerprint density at radius 1 is 1.09 bits per heavy atom. The summed E-state index contributed by atoms with van der Waals surface area (Å²) in [5.41, 5.74) is 0.796. The second-order valence-corrected chi connectivity index (χ2v) is 7.15. The Morgan fingerprint density at radius 3 is 2.35 bits per heavy atom. The molecule has 0 atom stereocenters. The van der Waals surface area contributed by atoms with Crippen LogP contribution in [-0.2, 0) is 10.7 Å². The molecule has 23 heavy (non-hydrogen) atoms. The summed E-state index contributed by atoms with van der Waals surface area (Å²) in [6.45, 7) is 0.864. The quantitative estimate of drug-likeness (QED) is 0.804. The van der Waals surface area contributed by atoms with Crippen molar-refractivity contribution >= 4 is 40.3 Å². The van der Waals surface area contributed by atoms with Crippen LogP contribution in [0.1, 0.15) is 17.4 Å². The van der Waals surface area contributed by atoms with Crippen molar-refractivity contribution in [1.82, 2.24) is 5.32 Å². The summed E-state index contributed by atoms with van der Waals surface area (Å²) < 4.78 is 26.4. The van der Waals surface area contributed by atoms with Crippen LogP contribution in [0.4, 0.5) is 13.6 Å². The van der Waals surface area contributed by atoms with Crippen LogP contribution in [0.15, 0.2) is 41.3 Å². The predicted octanol–water partition coefficient (Wildman–Crippen LogP) is 4.85. The van der Waals surface area contributed by atoms with Crippen molar-refractivity contribution in [2.24, 2.45) is 0 Å². The van der Waals surface area contributed by atoms with Crippen LogP contribution < -0.4 is 5.32 Å². The standard InChI is InChI=1S/C16H11F2NO2S2/c1-16(17,18)10-4-2-9(3-5-10)12-7-6-11(22-12)8-13-14(20)19-15(21)23-13/h2-8H,1H3,(H,19,20,21). The number of amides is 2. The van der Waals surface area contributed by atoms with E-state index < -0.39 is 11.8 Å². The summed E-state index contributed by atoms with van der Waals surface area (Å²) in [6, 6.07) is 9.80. The smallest absolute Gasteiger partial charge is 0.282 e. The van der Waals surface area contributed by atoms with E-state index in [9.17, 15) is 18.4 Å². The molecule has 1 aliphatic heterocycles. The van der Waals surface area contributed by atoms with E-state index in [0.717, 1.165) is 34.0 Å². The number of rotatable bonds is 3. The summed E-state index contributed by atoms with van der Waals surface area (Å²) in [6.07, 6.45) is 1.65. The third-order valence-corrected chi connectivity index (χ3v) is 5.11. The van der Waals surface area contributed by atoms with Gasteiger partial charge < -0.3 is 0 Å². The fourth-order valence-electron chi connectivity index (χ4n) is 2.06. The second-order valence-electron chi connectivity index (χ2n) is 5.02. The van der Waals surface area contributed by atoms with Gasteiger partial charge in [-0.1, -0.05) is 24.3 Å². The lowest BCUT2D eigenvalue weighted by molar-refractivity contribution is -0.115. The van der Waals surface area contributed by atoms with Crippen molar-refractivity contribution in [3.63, 3.8) is 0 Å². The Kier molecular flexibility index (Phi) is 4.08. The third kappa shape index (κ3) is 3.51. The number of imide groups is 1. The molecule has 0 bridgehead atoms. The van der Waals surface area contributed by atoms with Crippen molar-refractivity contribution in [2.75, 3.05) is 0 Å². The minimum Gasteiger partial charge on any atom is -0.282 e. The molecule has 1 aromatic carbocycles. The lowest BCUT2D eigenvalue weighted by Gasteiger charge is -2.10. The molecule has 118 valence electrons. The highest BCUT2D eigenvalue weighted by molar-refractivity contribution is 8.18. The van der Waals surface area contributed by atoms with Crippen molar-refractivity contribution in [1.29, 1.82) is 0 Å². The van der Waals surface area contributed by atoms with Gasteiger partial charge in [0.25, 0.3) is 17.1 Å². The summed E-state index contributed by atoms with van der Waals surface area (Å²) in [5, 5.41) is 1.82. The van der Waals surface area contributed by atoms with Crippen molar-refractivity contribution < 1.29 is 18.4 Å². The zero-order chi connectivity index (χ0) is 16.6. The van der Waals surface area contributed by atoms with Gasteiger partial charge in [0.1, 0.15) is 0 Å². The molecule has 1 aliphatic rings. The largest absolute Gasteiger partial charge is 0.290 e. The van der Waals surface area contributed by atoms with Crippen LogP contribution in [0.2, 0.25) is 0 Å². The molecule has 1 saturated heterocycles. The fraction of sp³-hybridized carbons (Fsp3) is 0.125. The van der Waals surface area contributed by atoms with Crippen molar-refractivity contribution in [3.8, 4) is 10.4 Å². The number of carbonyl (C=O) groups excluding carboxylic acids is 2. The maximum Gasteiger partial charge on any atom is 0.290 e. The third-order valence-electron chi connectivity index (χ3n) is 3.22. The van der Waals surface area contributed by atoms with Gasteiger partial charge in [-0.2, -0.15) is 0 Å². The van der Waals surface area contributed by atoms with Gasteiger partial charge in [-0.05, 0) is 35.5 Å². The molecule has 0 aliphatic carbocycles. The first kappa shape index (κ1) is 15.9. The van der Waals surface area contributed by atoms with E-state index in [-0.39, 0.29) is 10.8 Å². The molecule has 7 heteroatoms. The molecule has 0 radical (unpaired) electrons. The van der Waals surface area contributed by atoms with Crippen LogP contribution in [0.3, 0.4) is 0 Å². The van der Waals surface area contributed by atoms with Gasteiger partial charge in [-0.3, -0.25) is 14.9 Å². The fourth-order valence-corrected chi connectivity index (χ4v) is 3.77. The molecular weight excluding hydrogens is 340 g/mol. The van der Waals surface area contributed by atoms with Gasteiger partial charge in [0, 0.05) is 22.2 Å². The van der Waals surface area contributed by atoms with Crippen LogP contribution in [-0.4, -0.2) is 11.1 Å². The zero-order valence-electron chi connectivity index (χ0n) is 11.9. The molecule has 1 aromatic heterocycles. The highest BCUT2D eigenvalue weighted by atomic mass is 32.2. The number of hydrogen-bond donors (Lipinski definition) is 1. The van der Waals surface area contributed by atoms with E-state index in [2.05, 4.69) is 5.32 Å². The Hall–Kier alpha value is -1.99. The topological polar surface area (TPSA) is 46.2 Å². The molecule has 0 saturated carbocycles. The first-order valence-corrected chi connectivity index (χ1v) is 8.30. The maximum absolute atomic E-state index is 13.2. The molecule has 3 rings (SSSR count). The SMILES string of the molecule is CC(F)(F)c1ccc(-c2ccc(C=C3SC(=O)NC3=O)s2)cc1. The number of alkyl halides is 2. The molecule has 1 N–H and O–H groups in total. The van der Waals surface area contributed by atoms with E-state index in [4.69, 9.17) is 0 Å². The van der Waals surface area contributed by atoms with E-state index in [1.807, 2.05) is 12.1 Å². The van der Waals surface area contributed by atoms with Gasteiger partial charge in [0.15, 0.2) is 0 Å². The monoisotopic (exact) mass is 351 g/mol. The molecule has 2 heterocycles. The zero-order valence-corrected chi connectivity index (χ0v) is 13.6. The van der Waals surface area contributed by atoms with Crippen LogP contribution in [0.5, 0.6) is 0 Å². The maximum atomic E-state index is 13.2. The summed E-state index contributed by atoms with van der Waals surface area (Å²) >= 11 is 2.28. The van der Waals surface area contributed by atoms with Crippen molar-refractivity contribution in [3.05, 3.63) is 51.7 Å². The normalized spacial score (nSPS) is 16.9. The van der Waals surface area contributed by atoms with Gasteiger partial charge in [0.05, 0.1) is 4.91 Å². The van der Waals surface area contributed by atoms with E-state index in [0.29, 0.717) is 4.91 Å². The number of benzene rings is 1. The van der Waals surface area contributed by atoms with Crippen LogP contribution in [0, 0.1) is 0 Å². The molecule has 1 fully saturated rings. The van der Waals surface area contributed by atoms with Gasteiger partial charge in [-0.15, -0.1) is 11.3 Å². The van der Waals surface area contributed by atoms with E-state index >= 15 is 0 Å². The summed E-state index contributed by atoms with van der Waals surface area (Å²) in [7, 11) is 0. The van der Waals surface area contributed by atoms with Gasteiger partial charge in [0.2, 0.25) is 0 Å². The van der Waals surface area contributed by atoms with Gasteiger partial charge in [-0.25, -0.2) is 8.78 Å². The first-order chi connectivity index (χ1) is 10.8. The number of hydrogen-bond acceptors (Lipinski definition) is 4. The Labute approximate surface area is 139 Å². The number of carbonyl (C=O) groups is 2. The number of nitrogens with one attached hydrogen (secondary N) is 1. The van der Waals surface area contributed by atoms with Crippen molar-refractivity contribution in [2.45, 2.75) is 12.8 Å². The average molecular weight is 351 g/mol. The minimum absolute atomic E-state index is 0.0299. The average Bonchev–Trinajstić information content (AvgIpc) is 3.06. The van der Waals surface area contributed by atoms with E-state index in [1.54, 1.807) is 18.2 Å². The molecule has 3 nitrogen and oxygen atoms in total. The number of thioether (sulfide) groups is 1. The lowest BCUT2D eigenvalue weighted by atomic mass is 10.1. The lowest BCUT2D eigenvalue weighted by Crippen LogP contribution is -2.17. The first-order valence-electron chi connectivity index (χ1n) is 6.66. The summed E-state index contributed by atoms with van der Waals surface area (Å²) in [5.74, 6) is -3.26. The van der Waals surface area contributed by atoms with Crippen LogP contribution in [0.25, 0.3) is 16.5 Å². The van der Waals surface area contributed by atoms with Gasteiger partial charge >= 0.3 is 0 Å². The molecule has 0 spiro atoms. The van der Waals surface area contributed by atoms with E-state index in [1.165, 1.54) is 23.5 Å². The Bertz CT molecular complexity index is 804. The molecule has 2 aromatic rings. The Morgan fingerprint density at radius 2 is 1.78 bits per heavy atom. The Balaban J connectivity index is 1.84. The number of thiophene rings is 1. The van der Waals surface area contributed by atoms with Crippen LogP contribution >= 0.6 is 23.1 Å². The second kappa shape index (κ2) is 5.90. The highest BCUT2D eigenvalue weighted by Crippen LogP contribution is 2.34. The predicted molar refractivity (Wildman–Crippen MR) is 88.4 cm³/mol. The molecule has 0 unspecified atom stereocenters. The highest BCUT2D eigenvalue weighted by Gasteiger charge is 2.25. The number of halogens is 2.